The molecule has 2 heterocycles. The molecule has 1 aromatic heterocycles. The van der Waals surface area contributed by atoms with Gasteiger partial charge in [0.15, 0.2) is 0 Å². The molecule has 0 amide bonds. The normalized spacial score (nSPS) is 18.5. The summed E-state index contributed by atoms with van der Waals surface area (Å²) in [4.78, 5) is 0.336. The Hall–Kier alpha value is -0.560. The average Bonchev–Trinajstić information content (AvgIpc) is 2.92. The number of ether oxygens (including phenoxy) is 1. The largest absolute Gasteiger partial charge is 0.381 e. The number of piperidine rings is 1. The molecule has 1 aromatic rings. The van der Waals surface area contributed by atoms with E-state index in [9.17, 15) is 8.42 Å². The fourth-order valence-electron chi connectivity index (χ4n) is 2.68. The number of hydrogen-bond donors (Lipinski definition) is 0. The van der Waals surface area contributed by atoms with Crippen LogP contribution in [-0.4, -0.2) is 43.6 Å². The predicted octanol–water partition coefficient (Wildman–Crippen LogP) is 2.61. The van der Waals surface area contributed by atoms with Crippen molar-refractivity contribution in [2.75, 3.05) is 20.2 Å². The minimum atomic E-state index is -3.44. The molecule has 0 radical (unpaired) electrons. The van der Waals surface area contributed by atoms with Gasteiger partial charge in [-0.3, -0.25) is 0 Å². The topological polar surface area (TPSA) is 51.5 Å². The Morgan fingerprint density at radius 3 is 2.43 bits per heavy atom. The summed E-state index contributed by atoms with van der Waals surface area (Å²) in [5, 5.41) is 0. The molecule has 0 aliphatic carbocycles. The molecule has 1 aliphatic rings. The van der Waals surface area contributed by atoms with Crippen LogP contribution >= 0.6 is 11.6 Å². The van der Waals surface area contributed by atoms with Gasteiger partial charge in [0.05, 0.1) is 12.0 Å². The predicted molar refractivity (Wildman–Crippen MR) is 83.2 cm³/mol. The Bertz CT molecular complexity index is 575. The number of methoxy groups -OCH3 is 1. The molecule has 0 aromatic carbocycles. The molecule has 0 N–H and O–H groups in total. The van der Waals surface area contributed by atoms with Crippen molar-refractivity contribution in [2.24, 2.45) is 0 Å². The summed E-state index contributed by atoms with van der Waals surface area (Å²) in [5.41, 5.74) is 0.831. The summed E-state index contributed by atoms with van der Waals surface area (Å²) in [5.74, 6) is 0.305. The minimum Gasteiger partial charge on any atom is -0.381 e. The lowest BCUT2D eigenvalue weighted by Gasteiger charge is -2.30. The van der Waals surface area contributed by atoms with Crippen LogP contribution in [0.4, 0.5) is 0 Å². The maximum atomic E-state index is 12.7. The van der Waals surface area contributed by atoms with Crippen molar-refractivity contribution >= 4 is 21.6 Å². The van der Waals surface area contributed by atoms with Crippen LogP contribution in [0, 0.1) is 0 Å². The van der Waals surface area contributed by atoms with Gasteiger partial charge in [-0.1, -0.05) is 0 Å². The molecule has 0 atom stereocenters. The summed E-state index contributed by atoms with van der Waals surface area (Å²) in [6.07, 6.45) is 3.33. The highest BCUT2D eigenvalue weighted by molar-refractivity contribution is 7.89. The molecule has 0 bridgehead atoms. The van der Waals surface area contributed by atoms with Crippen LogP contribution in [-0.2, 0) is 20.6 Å². The first-order chi connectivity index (χ1) is 9.90. The SMILES string of the molecule is COC1CCN(S(=O)(=O)c2cc(CCl)n(C(C)C)c2)CC1. The third-order valence-corrected chi connectivity index (χ3v) is 6.11. The summed E-state index contributed by atoms with van der Waals surface area (Å²) in [6.45, 7) is 5.03. The van der Waals surface area contributed by atoms with Crippen molar-refractivity contribution in [2.45, 2.75) is 49.6 Å². The molecule has 0 unspecified atom stereocenters. The lowest BCUT2D eigenvalue weighted by Crippen LogP contribution is -2.40. The Balaban J connectivity index is 2.24. The molecule has 2 rings (SSSR count). The number of sulfonamides is 1. The zero-order chi connectivity index (χ0) is 15.6. The summed E-state index contributed by atoms with van der Waals surface area (Å²) in [6, 6.07) is 1.87. The number of halogens is 1. The first-order valence-corrected chi connectivity index (χ1v) is 9.17. The van der Waals surface area contributed by atoms with Gasteiger partial charge >= 0.3 is 0 Å². The number of alkyl halides is 1. The zero-order valence-corrected chi connectivity index (χ0v) is 14.3. The van der Waals surface area contributed by atoms with E-state index < -0.39 is 10.0 Å². The lowest BCUT2D eigenvalue weighted by atomic mass is 10.1. The highest BCUT2D eigenvalue weighted by atomic mass is 35.5. The second kappa shape index (κ2) is 6.69. The molecular weight excluding hydrogens is 312 g/mol. The quantitative estimate of drug-likeness (QED) is 0.778. The van der Waals surface area contributed by atoms with Crippen molar-refractivity contribution in [3.63, 3.8) is 0 Å². The maximum Gasteiger partial charge on any atom is 0.244 e. The smallest absolute Gasteiger partial charge is 0.244 e. The van der Waals surface area contributed by atoms with E-state index in [0.717, 1.165) is 18.5 Å². The van der Waals surface area contributed by atoms with Crippen LogP contribution < -0.4 is 0 Å². The van der Waals surface area contributed by atoms with E-state index in [0.29, 0.717) is 23.9 Å². The van der Waals surface area contributed by atoms with E-state index in [2.05, 4.69) is 0 Å². The van der Waals surface area contributed by atoms with Crippen LogP contribution in [0.3, 0.4) is 0 Å². The van der Waals surface area contributed by atoms with Crippen LogP contribution in [0.1, 0.15) is 38.4 Å². The van der Waals surface area contributed by atoms with E-state index in [-0.39, 0.29) is 12.1 Å². The molecule has 1 aliphatic heterocycles. The molecule has 120 valence electrons. The van der Waals surface area contributed by atoms with Crippen molar-refractivity contribution in [3.8, 4) is 0 Å². The fourth-order valence-corrected chi connectivity index (χ4v) is 4.42. The molecule has 5 nitrogen and oxygen atoms in total. The van der Waals surface area contributed by atoms with Gasteiger partial charge < -0.3 is 9.30 Å². The Morgan fingerprint density at radius 1 is 1.38 bits per heavy atom. The summed E-state index contributed by atoms with van der Waals surface area (Å²) >= 11 is 5.92. The van der Waals surface area contributed by atoms with Crippen molar-refractivity contribution < 1.29 is 13.2 Å². The van der Waals surface area contributed by atoms with E-state index in [1.165, 1.54) is 0 Å². The first-order valence-electron chi connectivity index (χ1n) is 7.19. The first kappa shape index (κ1) is 16.8. The Morgan fingerprint density at radius 2 is 2.00 bits per heavy atom. The van der Waals surface area contributed by atoms with Crippen LogP contribution in [0.25, 0.3) is 0 Å². The van der Waals surface area contributed by atoms with Crippen LogP contribution in [0.5, 0.6) is 0 Å². The zero-order valence-electron chi connectivity index (χ0n) is 12.8. The second-order valence-electron chi connectivity index (χ2n) is 5.64. The number of hydrogen-bond acceptors (Lipinski definition) is 3. The summed E-state index contributed by atoms with van der Waals surface area (Å²) in [7, 11) is -1.77. The van der Waals surface area contributed by atoms with E-state index in [1.54, 1.807) is 23.7 Å². The Labute approximate surface area is 131 Å². The monoisotopic (exact) mass is 334 g/mol. The Kier molecular flexibility index (Phi) is 5.35. The van der Waals surface area contributed by atoms with Gasteiger partial charge in [0.2, 0.25) is 10.0 Å². The van der Waals surface area contributed by atoms with Crippen molar-refractivity contribution in [3.05, 3.63) is 18.0 Å². The molecule has 21 heavy (non-hydrogen) atoms. The van der Waals surface area contributed by atoms with Gasteiger partial charge in [-0.15, -0.1) is 11.6 Å². The van der Waals surface area contributed by atoms with Gasteiger partial charge in [-0.25, -0.2) is 8.42 Å². The molecular formula is C14H23ClN2O3S. The van der Waals surface area contributed by atoms with Crippen molar-refractivity contribution in [1.29, 1.82) is 0 Å². The minimum absolute atomic E-state index is 0.162. The van der Waals surface area contributed by atoms with Gasteiger partial charge in [-0.2, -0.15) is 4.31 Å². The van der Waals surface area contributed by atoms with Gasteiger partial charge in [0, 0.05) is 38.1 Å². The number of rotatable bonds is 5. The molecule has 1 fully saturated rings. The lowest BCUT2D eigenvalue weighted by molar-refractivity contribution is 0.0604. The number of aromatic nitrogens is 1. The maximum absolute atomic E-state index is 12.7. The molecule has 0 saturated carbocycles. The highest BCUT2D eigenvalue weighted by Gasteiger charge is 2.30. The average molecular weight is 335 g/mol. The van der Waals surface area contributed by atoms with E-state index in [4.69, 9.17) is 16.3 Å². The molecule has 7 heteroatoms. The standard InChI is InChI=1S/C14H23ClN2O3S/c1-11(2)17-10-14(8-12(17)9-15)21(18,19)16-6-4-13(20-3)5-7-16/h8,10-11,13H,4-7,9H2,1-3H3. The molecule has 0 spiro atoms. The number of nitrogens with zero attached hydrogens (tertiary/aromatic N) is 2. The van der Waals surface area contributed by atoms with Gasteiger partial charge in [-0.05, 0) is 32.8 Å². The van der Waals surface area contributed by atoms with Crippen LogP contribution in [0.2, 0.25) is 0 Å². The summed E-state index contributed by atoms with van der Waals surface area (Å²) < 4.78 is 34.2. The van der Waals surface area contributed by atoms with Crippen LogP contribution in [0.15, 0.2) is 17.2 Å². The van der Waals surface area contributed by atoms with Gasteiger partial charge in [0.1, 0.15) is 4.90 Å². The van der Waals surface area contributed by atoms with E-state index >= 15 is 0 Å². The second-order valence-corrected chi connectivity index (χ2v) is 7.85. The highest BCUT2D eigenvalue weighted by Crippen LogP contribution is 2.25. The van der Waals surface area contributed by atoms with Gasteiger partial charge in [0.25, 0.3) is 0 Å². The third-order valence-electron chi connectivity index (χ3n) is 3.97. The molecule has 1 saturated heterocycles. The van der Waals surface area contributed by atoms with E-state index in [1.807, 2.05) is 18.4 Å². The third kappa shape index (κ3) is 3.44. The van der Waals surface area contributed by atoms with Crippen molar-refractivity contribution in [1.82, 2.24) is 8.87 Å². The fraction of sp³-hybridized carbons (Fsp3) is 0.714.